The van der Waals surface area contributed by atoms with Gasteiger partial charge in [-0.25, -0.2) is 4.98 Å². The largest absolute Gasteiger partial charge is 0.354 e. The molecule has 2 aromatic heterocycles. The van der Waals surface area contributed by atoms with E-state index in [-0.39, 0.29) is 0 Å². The molecular formula is C14H22N4S2. The fraction of sp³-hybridized carbons (Fsp3) is 0.643. The molecule has 20 heavy (non-hydrogen) atoms. The summed E-state index contributed by atoms with van der Waals surface area (Å²) in [5.74, 6) is 3.66. The average Bonchev–Trinajstić information content (AvgIpc) is 3.16. The van der Waals surface area contributed by atoms with Gasteiger partial charge in [-0.2, -0.15) is 11.8 Å². The molecule has 6 heteroatoms. The van der Waals surface area contributed by atoms with Gasteiger partial charge in [-0.3, -0.25) is 4.40 Å². The predicted octanol–water partition coefficient (Wildman–Crippen LogP) is 2.84. The quantitative estimate of drug-likeness (QED) is 0.832. The molecule has 1 aliphatic rings. The van der Waals surface area contributed by atoms with E-state index in [1.807, 2.05) is 0 Å². The molecule has 0 saturated carbocycles. The maximum atomic E-state index is 4.85. The van der Waals surface area contributed by atoms with Crippen molar-refractivity contribution in [2.45, 2.75) is 32.4 Å². The highest BCUT2D eigenvalue weighted by Crippen LogP contribution is 2.29. The molecule has 110 valence electrons. The lowest BCUT2D eigenvalue weighted by molar-refractivity contribution is 0.648. The molecule has 2 aromatic rings. The van der Waals surface area contributed by atoms with E-state index in [2.05, 4.69) is 51.9 Å². The van der Waals surface area contributed by atoms with Crippen LogP contribution in [-0.4, -0.2) is 40.5 Å². The molecule has 1 fully saturated rings. The number of thiazole rings is 1. The summed E-state index contributed by atoms with van der Waals surface area (Å²) in [6.45, 7) is 4.15. The van der Waals surface area contributed by atoms with Crippen LogP contribution in [0.15, 0.2) is 11.6 Å². The van der Waals surface area contributed by atoms with Gasteiger partial charge in [-0.1, -0.05) is 6.92 Å². The van der Waals surface area contributed by atoms with Crippen LogP contribution in [0.3, 0.4) is 0 Å². The van der Waals surface area contributed by atoms with Gasteiger partial charge in [0.05, 0.1) is 5.69 Å². The first-order valence-electron chi connectivity index (χ1n) is 7.27. The lowest BCUT2D eigenvalue weighted by Crippen LogP contribution is -2.33. The molecule has 1 aliphatic heterocycles. The summed E-state index contributed by atoms with van der Waals surface area (Å²) in [5.41, 5.74) is 1.30. The van der Waals surface area contributed by atoms with E-state index in [0.717, 1.165) is 30.3 Å². The summed E-state index contributed by atoms with van der Waals surface area (Å²) >= 11 is 3.77. The second-order valence-corrected chi connectivity index (χ2v) is 7.27. The number of hydrogen-bond acceptors (Lipinski definition) is 5. The molecule has 0 aliphatic carbocycles. The Morgan fingerprint density at radius 1 is 1.55 bits per heavy atom. The third kappa shape index (κ3) is 2.69. The number of rotatable bonds is 6. The maximum absolute atomic E-state index is 4.85. The Labute approximate surface area is 128 Å². The standard InChI is InChI=1S/C14H22N4S2/c1-3-5-15-9-12-13(16-14-18(12)6-8-20-14)17(2)11-4-7-19-10-11/h6,8,11,15H,3-5,7,9-10H2,1-2H3. The van der Waals surface area contributed by atoms with Gasteiger partial charge < -0.3 is 10.2 Å². The smallest absolute Gasteiger partial charge is 0.195 e. The number of imidazole rings is 1. The fourth-order valence-corrected chi connectivity index (χ4v) is 4.65. The Bertz CT molecular complexity index is 557. The average molecular weight is 310 g/mol. The van der Waals surface area contributed by atoms with Crippen molar-refractivity contribution in [3.63, 3.8) is 0 Å². The van der Waals surface area contributed by atoms with Crippen LogP contribution in [0, 0.1) is 0 Å². The number of fused-ring (bicyclic) bond motifs is 1. The Morgan fingerprint density at radius 2 is 2.45 bits per heavy atom. The van der Waals surface area contributed by atoms with Crippen LogP contribution < -0.4 is 10.2 Å². The summed E-state index contributed by atoms with van der Waals surface area (Å²) in [4.78, 5) is 8.35. The van der Waals surface area contributed by atoms with Crippen molar-refractivity contribution < 1.29 is 0 Å². The van der Waals surface area contributed by atoms with Crippen LogP contribution in [0.1, 0.15) is 25.5 Å². The van der Waals surface area contributed by atoms with Crippen molar-refractivity contribution in [3.05, 3.63) is 17.3 Å². The van der Waals surface area contributed by atoms with Crippen molar-refractivity contribution in [3.8, 4) is 0 Å². The van der Waals surface area contributed by atoms with Crippen LogP contribution >= 0.6 is 23.1 Å². The van der Waals surface area contributed by atoms with E-state index in [9.17, 15) is 0 Å². The first-order chi connectivity index (χ1) is 9.81. The molecule has 0 radical (unpaired) electrons. The van der Waals surface area contributed by atoms with Gasteiger partial charge in [0.15, 0.2) is 10.8 Å². The van der Waals surface area contributed by atoms with E-state index < -0.39 is 0 Å². The number of nitrogens with one attached hydrogen (secondary N) is 1. The Morgan fingerprint density at radius 3 is 3.20 bits per heavy atom. The van der Waals surface area contributed by atoms with Gasteiger partial charge in [0.1, 0.15) is 0 Å². The molecule has 0 bridgehead atoms. The minimum Gasteiger partial charge on any atom is -0.354 e. The van der Waals surface area contributed by atoms with E-state index in [1.165, 1.54) is 23.6 Å². The number of nitrogens with zero attached hydrogens (tertiary/aromatic N) is 3. The number of aromatic nitrogens is 2. The van der Waals surface area contributed by atoms with Crippen molar-refractivity contribution in [1.82, 2.24) is 14.7 Å². The lowest BCUT2D eigenvalue weighted by Gasteiger charge is -2.25. The third-order valence-corrected chi connectivity index (χ3v) is 5.75. The highest BCUT2D eigenvalue weighted by Gasteiger charge is 2.25. The summed E-state index contributed by atoms with van der Waals surface area (Å²) in [6, 6.07) is 0.634. The molecule has 3 rings (SSSR count). The Kier molecular flexibility index (Phi) is 4.53. The van der Waals surface area contributed by atoms with Crippen LogP contribution in [-0.2, 0) is 6.54 Å². The second kappa shape index (κ2) is 6.37. The van der Waals surface area contributed by atoms with Crippen molar-refractivity contribution in [1.29, 1.82) is 0 Å². The molecule has 0 amide bonds. The molecule has 3 heterocycles. The van der Waals surface area contributed by atoms with E-state index in [4.69, 9.17) is 4.98 Å². The molecule has 1 unspecified atom stereocenters. The van der Waals surface area contributed by atoms with Crippen LogP contribution in [0.4, 0.5) is 5.82 Å². The van der Waals surface area contributed by atoms with Gasteiger partial charge in [0, 0.05) is 37.0 Å². The fourth-order valence-electron chi connectivity index (χ4n) is 2.65. The van der Waals surface area contributed by atoms with Gasteiger partial charge in [0.2, 0.25) is 0 Å². The normalized spacial score (nSPS) is 19.0. The molecule has 4 nitrogen and oxygen atoms in total. The highest BCUT2D eigenvalue weighted by atomic mass is 32.2. The zero-order valence-electron chi connectivity index (χ0n) is 12.1. The second-order valence-electron chi connectivity index (χ2n) is 5.24. The molecule has 1 saturated heterocycles. The topological polar surface area (TPSA) is 32.6 Å². The van der Waals surface area contributed by atoms with Gasteiger partial charge in [0.25, 0.3) is 0 Å². The third-order valence-electron chi connectivity index (χ3n) is 3.85. The summed E-state index contributed by atoms with van der Waals surface area (Å²) in [6.07, 6.45) is 4.57. The van der Waals surface area contributed by atoms with Gasteiger partial charge in [-0.15, -0.1) is 11.3 Å². The van der Waals surface area contributed by atoms with E-state index in [0.29, 0.717) is 6.04 Å². The molecule has 0 spiro atoms. The molecular weight excluding hydrogens is 288 g/mol. The Balaban J connectivity index is 1.87. The molecule has 1 N–H and O–H groups in total. The summed E-state index contributed by atoms with van der Waals surface area (Å²) in [5, 5.41) is 5.63. The van der Waals surface area contributed by atoms with Crippen LogP contribution in [0.2, 0.25) is 0 Å². The monoisotopic (exact) mass is 310 g/mol. The van der Waals surface area contributed by atoms with E-state index >= 15 is 0 Å². The lowest BCUT2D eigenvalue weighted by atomic mass is 10.2. The van der Waals surface area contributed by atoms with Crippen LogP contribution in [0.5, 0.6) is 0 Å². The Hall–Kier alpha value is -0.720. The maximum Gasteiger partial charge on any atom is 0.195 e. The van der Waals surface area contributed by atoms with Crippen molar-refractivity contribution in [2.24, 2.45) is 0 Å². The zero-order valence-corrected chi connectivity index (χ0v) is 13.8. The SMILES string of the molecule is CCCNCc1c(N(C)C2CCSC2)nc2sccn12. The minimum absolute atomic E-state index is 0.634. The van der Waals surface area contributed by atoms with Crippen molar-refractivity contribution >= 4 is 33.9 Å². The van der Waals surface area contributed by atoms with Crippen LogP contribution in [0.25, 0.3) is 4.96 Å². The summed E-state index contributed by atoms with van der Waals surface area (Å²) in [7, 11) is 2.20. The number of hydrogen-bond donors (Lipinski definition) is 1. The molecule has 0 aromatic carbocycles. The molecule has 1 atom stereocenters. The predicted molar refractivity (Wildman–Crippen MR) is 89.2 cm³/mol. The van der Waals surface area contributed by atoms with Gasteiger partial charge in [-0.05, 0) is 25.1 Å². The van der Waals surface area contributed by atoms with E-state index in [1.54, 1.807) is 11.3 Å². The highest BCUT2D eigenvalue weighted by molar-refractivity contribution is 7.99. The first-order valence-corrected chi connectivity index (χ1v) is 9.30. The minimum atomic E-state index is 0.634. The van der Waals surface area contributed by atoms with Crippen molar-refractivity contribution in [2.75, 3.05) is 30.0 Å². The number of anilines is 1. The first kappa shape index (κ1) is 14.2. The zero-order chi connectivity index (χ0) is 13.9. The van der Waals surface area contributed by atoms with Gasteiger partial charge >= 0.3 is 0 Å². The number of thioether (sulfide) groups is 1. The summed E-state index contributed by atoms with van der Waals surface area (Å²) < 4.78 is 2.24.